The van der Waals surface area contributed by atoms with Crippen LogP contribution in [0.5, 0.6) is 5.75 Å². The average molecular weight is 404 g/mol. The summed E-state index contributed by atoms with van der Waals surface area (Å²) >= 11 is 0. The van der Waals surface area contributed by atoms with E-state index in [1.807, 2.05) is 58.0 Å². The number of carbonyl (C=O) groups excluding carboxylic acids is 1. The molecule has 1 aliphatic carbocycles. The van der Waals surface area contributed by atoms with E-state index in [0.29, 0.717) is 23.5 Å². The summed E-state index contributed by atoms with van der Waals surface area (Å²) in [7, 11) is 0. The number of benzene rings is 1. The number of para-hydroxylation sites is 1. The van der Waals surface area contributed by atoms with Gasteiger partial charge in [-0.3, -0.25) is 4.79 Å². The maximum absolute atomic E-state index is 12.7. The zero-order valence-electron chi connectivity index (χ0n) is 18.3. The molecule has 2 rings (SSSR count). The van der Waals surface area contributed by atoms with Crippen LogP contribution >= 0.6 is 0 Å². The fourth-order valence-electron chi connectivity index (χ4n) is 3.42. The fourth-order valence-corrected chi connectivity index (χ4v) is 3.42. The van der Waals surface area contributed by atoms with E-state index < -0.39 is 6.10 Å². The Labute approximate surface area is 179 Å². The van der Waals surface area contributed by atoms with Crippen LogP contribution in [0, 0.1) is 40.9 Å². The van der Waals surface area contributed by atoms with Gasteiger partial charge in [-0.05, 0) is 62.0 Å². The van der Waals surface area contributed by atoms with Crippen LogP contribution in [-0.2, 0) is 9.53 Å². The van der Waals surface area contributed by atoms with E-state index in [1.165, 1.54) is 0 Å². The highest BCUT2D eigenvalue weighted by Crippen LogP contribution is 2.60. The van der Waals surface area contributed by atoms with Gasteiger partial charge < -0.3 is 9.47 Å². The van der Waals surface area contributed by atoms with E-state index in [0.717, 1.165) is 5.57 Å². The van der Waals surface area contributed by atoms with Gasteiger partial charge in [0, 0.05) is 6.42 Å². The molecule has 4 nitrogen and oxygen atoms in total. The Morgan fingerprint density at radius 1 is 1.27 bits per heavy atom. The molecule has 30 heavy (non-hydrogen) atoms. The summed E-state index contributed by atoms with van der Waals surface area (Å²) < 4.78 is 11.4. The molecule has 0 bridgehead atoms. The first-order chi connectivity index (χ1) is 14.2. The standard InChI is InChI=1S/C26H29NO3/c1-7-8-12-21(29-20-13-10-9-11-14-20)16-19(4)23(17-27)30-25(28)24-22(15-18(2)3)26(24,5)6/h1,9-16,22-24H,8H2,2-6H3/b19-16+,21-12+. The highest BCUT2D eigenvalue weighted by molar-refractivity contribution is 5.79. The molecule has 3 atom stereocenters. The van der Waals surface area contributed by atoms with Gasteiger partial charge in [0.1, 0.15) is 17.6 Å². The van der Waals surface area contributed by atoms with Crippen molar-refractivity contribution in [3.8, 4) is 24.2 Å². The lowest BCUT2D eigenvalue weighted by Crippen LogP contribution is -2.21. The molecular weight excluding hydrogens is 374 g/mol. The minimum absolute atomic E-state index is 0.131. The lowest BCUT2D eigenvalue weighted by atomic mass is 10.1. The number of rotatable bonds is 8. The van der Waals surface area contributed by atoms with Gasteiger partial charge in [0.15, 0.2) is 0 Å². The summed E-state index contributed by atoms with van der Waals surface area (Å²) in [5, 5.41) is 9.60. The minimum atomic E-state index is -0.991. The van der Waals surface area contributed by atoms with Crippen LogP contribution in [0.3, 0.4) is 0 Å². The summed E-state index contributed by atoms with van der Waals surface area (Å²) in [6, 6.07) is 11.4. The summed E-state index contributed by atoms with van der Waals surface area (Å²) in [5.41, 5.74) is 1.57. The maximum atomic E-state index is 12.7. The van der Waals surface area contributed by atoms with Crippen LogP contribution in [0.2, 0.25) is 0 Å². The Hall–Kier alpha value is -3.24. The van der Waals surface area contributed by atoms with Crippen molar-refractivity contribution in [2.45, 2.75) is 47.1 Å². The van der Waals surface area contributed by atoms with Gasteiger partial charge >= 0.3 is 5.97 Å². The quantitative estimate of drug-likeness (QED) is 0.187. The van der Waals surface area contributed by atoms with Gasteiger partial charge in [0.05, 0.1) is 5.92 Å². The second kappa shape index (κ2) is 9.99. The first-order valence-corrected chi connectivity index (χ1v) is 10.0. The summed E-state index contributed by atoms with van der Waals surface area (Å²) in [6.45, 7) is 9.85. The lowest BCUT2D eigenvalue weighted by Gasteiger charge is -2.14. The number of allylic oxidation sites excluding steroid dienone is 4. The van der Waals surface area contributed by atoms with Crippen LogP contribution in [0.25, 0.3) is 0 Å². The first kappa shape index (κ1) is 23.0. The third-order valence-corrected chi connectivity index (χ3v) is 5.21. The number of carbonyl (C=O) groups is 1. The molecule has 1 aromatic carbocycles. The lowest BCUT2D eigenvalue weighted by molar-refractivity contribution is -0.147. The highest BCUT2D eigenvalue weighted by atomic mass is 16.5. The Morgan fingerprint density at radius 3 is 2.50 bits per heavy atom. The molecule has 0 radical (unpaired) electrons. The number of hydrogen-bond donors (Lipinski definition) is 0. The molecule has 0 amide bonds. The molecule has 0 aliphatic heterocycles. The Morgan fingerprint density at radius 2 is 1.93 bits per heavy atom. The molecule has 0 heterocycles. The van der Waals surface area contributed by atoms with Crippen molar-refractivity contribution in [1.29, 1.82) is 5.26 Å². The smallest absolute Gasteiger partial charge is 0.311 e. The van der Waals surface area contributed by atoms with E-state index in [-0.39, 0.29) is 23.2 Å². The van der Waals surface area contributed by atoms with E-state index in [9.17, 15) is 10.1 Å². The maximum Gasteiger partial charge on any atom is 0.311 e. The van der Waals surface area contributed by atoms with E-state index >= 15 is 0 Å². The van der Waals surface area contributed by atoms with E-state index in [2.05, 4.69) is 18.1 Å². The van der Waals surface area contributed by atoms with E-state index in [1.54, 1.807) is 19.1 Å². The minimum Gasteiger partial charge on any atom is -0.458 e. The normalized spacial score (nSPS) is 20.9. The molecule has 0 saturated heterocycles. The van der Waals surface area contributed by atoms with E-state index in [4.69, 9.17) is 15.9 Å². The Bertz CT molecular complexity index is 935. The number of hydrogen-bond acceptors (Lipinski definition) is 4. The largest absolute Gasteiger partial charge is 0.458 e. The van der Waals surface area contributed by atoms with Crippen molar-refractivity contribution in [2.24, 2.45) is 17.3 Å². The second-order valence-electron chi connectivity index (χ2n) is 8.33. The Balaban J connectivity index is 2.15. The summed E-state index contributed by atoms with van der Waals surface area (Å²) in [4.78, 5) is 12.7. The molecule has 156 valence electrons. The average Bonchev–Trinajstić information content (AvgIpc) is 3.23. The molecule has 1 fully saturated rings. The van der Waals surface area contributed by atoms with Crippen molar-refractivity contribution in [2.75, 3.05) is 0 Å². The van der Waals surface area contributed by atoms with Crippen molar-refractivity contribution in [3.63, 3.8) is 0 Å². The zero-order chi connectivity index (χ0) is 22.3. The summed E-state index contributed by atoms with van der Waals surface area (Å²) in [6.07, 6.45) is 10.3. The van der Waals surface area contributed by atoms with Crippen molar-refractivity contribution in [3.05, 3.63) is 65.5 Å². The molecule has 1 aliphatic rings. The SMILES string of the molecule is C#CC/C=C(\C=C(/C)C(C#N)OC(=O)C1C(C=C(C)C)C1(C)C)Oc1ccccc1. The third kappa shape index (κ3) is 5.88. The van der Waals surface area contributed by atoms with Gasteiger partial charge in [0.25, 0.3) is 0 Å². The fraction of sp³-hybridized carbons (Fsp3) is 0.385. The number of nitrogens with zero attached hydrogens (tertiary/aromatic N) is 1. The summed E-state index contributed by atoms with van der Waals surface area (Å²) in [5.74, 6) is 3.24. The number of nitriles is 1. The molecular formula is C26H29NO3. The number of terminal acetylenes is 1. The predicted octanol–water partition coefficient (Wildman–Crippen LogP) is 5.59. The van der Waals surface area contributed by atoms with Crippen LogP contribution < -0.4 is 4.74 Å². The number of ether oxygens (including phenoxy) is 2. The first-order valence-electron chi connectivity index (χ1n) is 10.0. The van der Waals surface area contributed by atoms with Gasteiger partial charge in [-0.1, -0.05) is 43.7 Å². The molecule has 4 heteroatoms. The highest BCUT2D eigenvalue weighted by Gasteiger charge is 2.61. The van der Waals surface area contributed by atoms with Crippen molar-refractivity contribution in [1.82, 2.24) is 0 Å². The molecule has 1 saturated carbocycles. The van der Waals surface area contributed by atoms with Crippen LogP contribution in [0.4, 0.5) is 0 Å². The molecule has 3 unspecified atom stereocenters. The van der Waals surface area contributed by atoms with Crippen molar-refractivity contribution < 1.29 is 14.3 Å². The monoisotopic (exact) mass is 403 g/mol. The Kier molecular flexibility index (Phi) is 7.67. The van der Waals surface area contributed by atoms with Gasteiger partial charge in [-0.25, -0.2) is 0 Å². The van der Waals surface area contributed by atoms with Crippen molar-refractivity contribution >= 4 is 5.97 Å². The molecule has 0 aromatic heterocycles. The molecule has 0 N–H and O–H groups in total. The predicted molar refractivity (Wildman–Crippen MR) is 118 cm³/mol. The van der Waals surface area contributed by atoms with Gasteiger partial charge in [-0.2, -0.15) is 5.26 Å². The zero-order valence-corrected chi connectivity index (χ0v) is 18.3. The second-order valence-corrected chi connectivity index (χ2v) is 8.33. The third-order valence-electron chi connectivity index (χ3n) is 5.21. The molecule has 0 spiro atoms. The van der Waals surface area contributed by atoms with Crippen LogP contribution in [0.15, 0.2) is 65.5 Å². The van der Waals surface area contributed by atoms with Gasteiger partial charge in [-0.15, -0.1) is 12.3 Å². The topological polar surface area (TPSA) is 59.3 Å². The number of esters is 1. The van der Waals surface area contributed by atoms with Gasteiger partial charge in [0.2, 0.25) is 6.10 Å². The molecule has 1 aromatic rings. The van der Waals surface area contributed by atoms with Crippen LogP contribution in [0.1, 0.15) is 41.0 Å². The van der Waals surface area contributed by atoms with Crippen LogP contribution in [-0.4, -0.2) is 12.1 Å².